The molecule has 1 atom stereocenters. The molecule has 0 amide bonds. The minimum Gasteiger partial charge on any atom is -0.328 e. The van der Waals surface area contributed by atoms with Crippen molar-refractivity contribution >= 4 is 44.0 Å². The summed E-state index contributed by atoms with van der Waals surface area (Å²) < 4.78 is 26.7. The van der Waals surface area contributed by atoms with Gasteiger partial charge in [-0.25, -0.2) is 13.1 Å². The third-order valence-corrected chi connectivity index (χ3v) is 4.30. The molecule has 0 bridgehead atoms. The van der Waals surface area contributed by atoms with Gasteiger partial charge in [-0.1, -0.05) is 15.9 Å². The number of sulfonamides is 1. The fraction of sp³-hybridized carbons (Fsp3) is 0.400. The van der Waals surface area contributed by atoms with E-state index >= 15 is 0 Å². The third-order valence-electron chi connectivity index (χ3n) is 2.30. The minimum atomic E-state index is -3.92. The molecule has 0 saturated heterocycles. The molecular formula is C10H15BrClN3O4S. The van der Waals surface area contributed by atoms with Crippen LogP contribution in [0.2, 0.25) is 0 Å². The summed E-state index contributed by atoms with van der Waals surface area (Å²) in [5.41, 5.74) is 5.04. The van der Waals surface area contributed by atoms with Crippen molar-refractivity contribution in [2.75, 3.05) is 6.54 Å². The van der Waals surface area contributed by atoms with Crippen molar-refractivity contribution < 1.29 is 13.3 Å². The highest BCUT2D eigenvalue weighted by atomic mass is 79.9. The van der Waals surface area contributed by atoms with E-state index in [1.807, 2.05) is 0 Å². The highest BCUT2D eigenvalue weighted by Gasteiger charge is 2.25. The number of nitro benzene ring substituents is 1. The molecule has 0 radical (unpaired) electrons. The molecule has 1 unspecified atom stereocenters. The summed E-state index contributed by atoms with van der Waals surface area (Å²) in [5.74, 6) is 0. The van der Waals surface area contributed by atoms with Crippen LogP contribution in [-0.2, 0) is 10.0 Å². The van der Waals surface area contributed by atoms with Gasteiger partial charge in [-0.05, 0) is 25.5 Å². The molecule has 10 heteroatoms. The van der Waals surface area contributed by atoms with Crippen molar-refractivity contribution in [3.63, 3.8) is 0 Å². The number of halogens is 2. The van der Waals surface area contributed by atoms with Crippen LogP contribution in [0.15, 0.2) is 27.6 Å². The maximum atomic E-state index is 12.0. The second-order valence-corrected chi connectivity index (χ2v) is 6.68. The Morgan fingerprint density at radius 1 is 1.50 bits per heavy atom. The quantitative estimate of drug-likeness (QED) is 0.569. The van der Waals surface area contributed by atoms with Crippen LogP contribution in [-0.4, -0.2) is 25.9 Å². The van der Waals surface area contributed by atoms with E-state index in [2.05, 4.69) is 20.7 Å². The molecule has 0 saturated carbocycles. The van der Waals surface area contributed by atoms with Crippen LogP contribution in [0.5, 0.6) is 0 Å². The van der Waals surface area contributed by atoms with Gasteiger partial charge in [0.25, 0.3) is 5.69 Å². The van der Waals surface area contributed by atoms with Gasteiger partial charge < -0.3 is 5.73 Å². The topological polar surface area (TPSA) is 115 Å². The van der Waals surface area contributed by atoms with Crippen molar-refractivity contribution in [1.82, 2.24) is 4.72 Å². The predicted molar refractivity (Wildman–Crippen MR) is 81.5 cm³/mol. The highest BCUT2D eigenvalue weighted by molar-refractivity contribution is 9.10. The number of hydrogen-bond donors (Lipinski definition) is 2. The number of rotatable bonds is 6. The fourth-order valence-corrected chi connectivity index (χ4v) is 2.91. The molecule has 0 spiro atoms. The van der Waals surface area contributed by atoms with E-state index in [0.717, 1.165) is 6.07 Å². The normalized spacial score (nSPS) is 12.6. The maximum Gasteiger partial charge on any atom is 0.290 e. The van der Waals surface area contributed by atoms with Gasteiger partial charge in [-0.15, -0.1) is 12.4 Å². The molecule has 3 N–H and O–H groups in total. The Kier molecular flexibility index (Phi) is 7.60. The first-order valence-corrected chi connectivity index (χ1v) is 7.71. The van der Waals surface area contributed by atoms with Crippen LogP contribution >= 0.6 is 28.3 Å². The van der Waals surface area contributed by atoms with Crippen molar-refractivity contribution in [2.24, 2.45) is 5.73 Å². The summed E-state index contributed by atoms with van der Waals surface area (Å²) in [7, 11) is -3.92. The van der Waals surface area contributed by atoms with Crippen molar-refractivity contribution in [1.29, 1.82) is 0 Å². The molecule has 0 aliphatic rings. The Bertz CT molecular complexity index is 580. The first kappa shape index (κ1) is 19.3. The molecule has 20 heavy (non-hydrogen) atoms. The predicted octanol–water partition coefficient (Wildman–Crippen LogP) is 1.79. The van der Waals surface area contributed by atoms with Gasteiger partial charge in [-0.2, -0.15) is 0 Å². The second-order valence-electron chi connectivity index (χ2n) is 4.03. The molecule has 0 fully saturated rings. The zero-order valence-corrected chi connectivity index (χ0v) is 13.8. The highest BCUT2D eigenvalue weighted by Crippen LogP contribution is 2.27. The second kappa shape index (κ2) is 7.89. The maximum absolute atomic E-state index is 12.0. The Hall–Kier alpha value is -0.740. The van der Waals surface area contributed by atoms with Crippen LogP contribution in [0.4, 0.5) is 5.69 Å². The number of hydrogen-bond acceptors (Lipinski definition) is 5. The molecule has 1 aromatic rings. The van der Waals surface area contributed by atoms with Gasteiger partial charge in [0, 0.05) is 23.1 Å². The summed E-state index contributed by atoms with van der Waals surface area (Å²) in [5, 5.41) is 10.9. The van der Waals surface area contributed by atoms with Crippen LogP contribution in [0.1, 0.15) is 13.3 Å². The van der Waals surface area contributed by atoms with Gasteiger partial charge >= 0.3 is 0 Å². The van der Waals surface area contributed by atoms with Crippen LogP contribution in [0.3, 0.4) is 0 Å². The van der Waals surface area contributed by atoms with Gasteiger partial charge in [-0.3, -0.25) is 10.1 Å². The van der Waals surface area contributed by atoms with Gasteiger partial charge in [0.15, 0.2) is 4.90 Å². The number of benzene rings is 1. The number of nitrogens with zero attached hydrogens (tertiary/aromatic N) is 1. The minimum absolute atomic E-state index is 0. The largest absolute Gasteiger partial charge is 0.328 e. The van der Waals surface area contributed by atoms with E-state index in [-0.39, 0.29) is 29.9 Å². The monoisotopic (exact) mass is 387 g/mol. The van der Waals surface area contributed by atoms with Crippen LogP contribution in [0.25, 0.3) is 0 Å². The van der Waals surface area contributed by atoms with Gasteiger partial charge in [0.05, 0.1) is 4.92 Å². The molecular weight excluding hydrogens is 374 g/mol. The average Bonchev–Trinajstić information content (AvgIpc) is 2.27. The molecule has 0 heterocycles. The molecule has 0 aromatic heterocycles. The molecule has 0 aliphatic heterocycles. The third kappa shape index (κ3) is 5.33. The Morgan fingerprint density at radius 2 is 2.10 bits per heavy atom. The summed E-state index contributed by atoms with van der Waals surface area (Å²) in [6.07, 6.45) is 0.448. The molecule has 7 nitrogen and oxygen atoms in total. The van der Waals surface area contributed by atoms with Crippen molar-refractivity contribution in [3.05, 3.63) is 32.8 Å². The van der Waals surface area contributed by atoms with Crippen molar-refractivity contribution in [2.45, 2.75) is 24.3 Å². The lowest BCUT2D eigenvalue weighted by molar-refractivity contribution is -0.387. The van der Waals surface area contributed by atoms with Crippen LogP contribution < -0.4 is 10.5 Å². The summed E-state index contributed by atoms with van der Waals surface area (Å²) in [6.45, 7) is 1.88. The fourth-order valence-electron chi connectivity index (χ4n) is 1.36. The van der Waals surface area contributed by atoms with Crippen molar-refractivity contribution in [3.8, 4) is 0 Å². The number of nitrogens with one attached hydrogen (secondary N) is 1. The lowest BCUT2D eigenvalue weighted by Gasteiger charge is -2.09. The molecule has 0 aliphatic carbocycles. The lowest BCUT2D eigenvalue weighted by atomic mass is 10.3. The first-order chi connectivity index (χ1) is 8.74. The van der Waals surface area contributed by atoms with E-state index in [0.29, 0.717) is 10.9 Å². The Balaban J connectivity index is 0.00000361. The molecule has 114 valence electrons. The van der Waals surface area contributed by atoms with Crippen LogP contribution in [0, 0.1) is 10.1 Å². The first-order valence-electron chi connectivity index (χ1n) is 5.43. The summed E-state index contributed by atoms with van der Waals surface area (Å²) >= 11 is 3.07. The Morgan fingerprint density at radius 3 is 2.60 bits per heavy atom. The zero-order chi connectivity index (χ0) is 14.6. The average molecular weight is 389 g/mol. The molecule has 1 aromatic carbocycles. The SMILES string of the molecule is CC(N)CCNS(=O)(=O)c1ccc(Br)cc1[N+](=O)[O-].Cl. The van der Waals surface area contributed by atoms with E-state index in [4.69, 9.17) is 5.73 Å². The lowest BCUT2D eigenvalue weighted by Crippen LogP contribution is -2.29. The smallest absolute Gasteiger partial charge is 0.290 e. The molecule has 1 rings (SSSR count). The summed E-state index contributed by atoms with van der Waals surface area (Å²) in [4.78, 5) is 9.79. The summed E-state index contributed by atoms with van der Waals surface area (Å²) in [6, 6.07) is 3.63. The van der Waals surface area contributed by atoms with E-state index in [9.17, 15) is 18.5 Å². The zero-order valence-electron chi connectivity index (χ0n) is 10.6. The van der Waals surface area contributed by atoms with E-state index < -0.39 is 20.6 Å². The van der Waals surface area contributed by atoms with E-state index in [1.54, 1.807) is 6.92 Å². The standard InChI is InChI=1S/C10H14BrN3O4S.ClH/c1-7(12)4-5-13-19(17,18)10-3-2-8(11)6-9(10)14(15)16;/h2-3,6-7,13H,4-5,12H2,1H3;1H. The van der Waals surface area contributed by atoms with Gasteiger partial charge in [0.2, 0.25) is 10.0 Å². The van der Waals surface area contributed by atoms with Gasteiger partial charge in [0.1, 0.15) is 0 Å². The Labute approximate surface area is 131 Å². The van der Waals surface area contributed by atoms with E-state index in [1.165, 1.54) is 12.1 Å². The number of nitro groups is 1. The number of nitrogens with two attached hydrogens (primary N) is 1.